The molecule has 19 heavy (non-hydrogen) atoms. The largest absolute Gasteiger partial charge is 0.398 e. The molecule has 0 aliphatic carbocycles. The summed E-state index contributed by atoms with van der Waals surface area (Å²) in [5, 5.41) is 2.87. The van der Waals surface area contributed by atoms with E-state index in [2.05, 4.69) is 21.2 Å². The Morgan fingerprint density at radius 2 is 2.05 bits per heavy atom. The Hall–Kier alpha value is -1.81. The van der Waals surface area contributed by atoms with E-state index in [1.165, 1.54) is 5.56 Å². The zero-order valence-corrected chi connectivity index (χ0v) is 12.2. The number of nitrogen functional groups attached to an aromatic ring is 1. The summed E-state index contributed by atoms with van der Waals surface area (Å²) in [7, 11) is 0. The first-order valence-electron chi connectivity index (χ1n) is 5.95. The van der Waals surface area contributed by atoms with Gasteiger partial charge in [0.15, 0.2) is 0 Å². The van der Waals surface area contributed by atoms with Crippen molar-refractivity contribution in [3.05, 3.63) is 63.6 Å². The van der Waals surface area contributed by atoms with Crippen LogP contribution in [0.2, 0.25) is 0 Å². The first kappa shape index (κ1) is 13.6. The highest BCUT2D eigenvalue weighted by Gasteiger charge is 2.09. The second kappa shape index (κ2) is 5.89. The van der Waals surface area contributed by atoms with Gasteiger partial charge in [-0.3, -0.25) is 4.79 Å². The molecule has 4 heteroatoms. The molecule has 3 N–H and O–H groups in total. The maximum atomic E-state index is 12.1. The summed E-state index contributed by atoms with van der Waals surface area (Å²) in [6, 6.07) is 13.3. The molecule has 0 heterocycles. The fraction of sp³-hybridized carbons (Fsp3) is 0.133. The van der Waals surface area contributed by atoms with E-state index in [0.717, 1.165) is 10.0 Å². The Morgan fingerprint density at radius 1 is 1.26 bits per heavy atom. The minimum absolute atomic E-state index is 0.166. The molecule has 2 aromatic carbocycles. The summed E-state index contributed by atoms with van der Waals surface area (Å²) in [5.41, 5.74) is 9.01. The highest BCUT2D eigenvalue weighted by molar-refractivity contribution is 9.10. The van der Waals surface area contributed by atoms with Crippen molar-refractivity contribution in [3.63, 3.8) is 0 Å². The predicted octanol–water partition coefficient (Wildman–Crippen LogP) is 3.27. The zero-order chi connectivity index (χ0) is 13.8. The second-order valence-corrected chi connectivity index (χ2v) is 5.32. The molecule has 1 amide bonds. The maximum absolute atomic E-state index is 12.1. The number of amides is 1. The van der Waals surface area contributed by atoms with E-state index < -0.39 is 0 Å². The molecule has 0 radical (unpaired) electrons. The van der Waals surface area contributed by atoms with E-state index in [-0.39, 0.29) is 5.91 Å². The van der Waals surface area contributed by atoms with Gasteiger partial charge in [-0.1, -0.05) is 45.8 Å². The first-order chi connectivity index (χ1) is 9.06. The topological polar surface area (TPSA) is 55.1 Å². The number of halogens is 1. The standard InChI is InChI=1S/C15H15BrN2O/c1-10-3-2-4-11(7-10)9-18-15(19)13-8-12(16)5-6-14(13)17/h2-8H,9,17H2,1H3,(H,18,19). The number of hydrogen-bond acceptors (Lipinski definition) is 2. The van der Waals surface area contributed by atoms with Gasteiger partial charge >= 0.3 is 0 Å². The van der Waals surface area contributed by atoms with Gasteiger partial charge in [0, 0.05) is 16.7 Å². The number of benzene rings is 2. The maximum Gasteiger partial charge on any atom is 0.253 e. The molecular weight excluding hydrogens is 304 g/mol. The molecule has 0 unspecified atom stereocenters. The smallest absolute Gasteiger partial charge is 0.253 e. The molecule has 0 atom stereocenters. The van der Waals surface area contributed by atoms with Crippen LogP contribution in [0.1, 0.15) is 21.5 Å². The Kier molecular flexibility index (Phi) is 4.22. The van der Waals surface area contributed by atoms with Crippen molar-refractivity contribution in [2.45, 2.75) is 13.5 Å². The number of aryl methyl sites for hydroxylation is 1. The molecule has 0 aliphatic heterocycles. The van der Waals surface area contributed by atoms with Gasteiger partial charge in [-0.2, -0.15) is 0 Å². The van der Waals surface area contributed by atoms with Gasteiger partial charge in [0.25, 0.3) is 5.91 Å². The normalized spacial score (nSPS) is 10.2. The predicted molar refractivity (Wildman–Crippen MR) is 80.9 cm³/mol. The lowest BCUT2D eigenvalue weighted by Crippen LogP contribution is -2.23. The minimum atomic E-state index is -0.166. The van der Waals surface area contributed by atoms with Crippen LogP contribution >= 0.6 is 15.9 Å². The van der Waals surface area contributed by atoms with Gasteiger partial charge in [0.1, 0.15) is 0 Å². The molecule has 0 aromatic heterocycles. The summed E-state index contributed by atoms with van der Waals surface area (Å²) in [4.78, 5) is 12.1. The third-order valence-electron chi connectivity index (χ3n) is 2.80. The van der Waals surface area contributed by atoms with Crippen LogP contribution in [0.15, 0.2) is 46.9 Å². The van der Waals surface area contributed by atoms with Gasteiger partial charge in [-0.15, -0.1) is 0 Å². The molecule has 2 rings (SSSR count). The fourth-order valence-corrected chi connectivity index (χ4v) is 2.19. The Bertz CT molecular complexity index is 611. The van der Waals surface area contributed by atoms with Crippen molar-refractivity contribution in [2.24, 2.45) is 0 Å². The molecule has 0 saturated carbocycles. The summed E-state index contributed by atoms with van der Waals surface area (Å²) in [6.07, 6.45) is 0. The van der Waals surface area contributed by atoms with Crippen molar-refractivity contribution in [2.75, 3.05) is 5.73 Å². The van der Waals surface area contributed by atoms with E-state index in [0.29, 0.717) is 17.8 Å². The highest BCUT2D eigenvalue weighted by atomic mass is 79.9. The number of nitrogens with one attached hydrogen (secondary N) is 1. The number of anilines is 1. The Labute approximate surface area is 121 Å². The van der Waals surface area contributed by atoms with Gasteiger partial charge < -0.3 is 11.1 Å². The van der Waals surface area contributed by atoms with Crippen molar-refractivity contribution in [3.8, 4) is 0 Å². The molecule has 3 nitrogen and oxygen atoms in total. The van der Waals surface area contributed by atoms with Gasteiger partial charge in [0.05, 0.1) is 5.56 Å². The molecule has 0 saturated heterocycles. The lowest BCUT2D eigenvalue weighted by atomic mass is 10.1. The van der Waals surface area contributed by atoms with Gasteiger partial charge in [0.2, 0.25) is 0 Å². The average molecular weight is 319 g/mol. The molecule has 0 bridgehead atoms. The van der Waals surface area contributed by atoms with E-state index in [9.17, 15) is 4.79 Å². The van der Waals surface area contributed by atoms with Crippen LogP contribution in [-0.4, -0.2) is 5.91 Å². The summed E-state index contributed by atoms with van der Waals surface area (Å²) >= 11 is 3.33. The van der Waals surface area contributed by atoms with Crippen LogP contribution in [0.25, 0.3) is 0 Å². The molecule has 98 valence electrons. The SMILES string of the molecule is Cc1cccc(CNC(=O)c2cc(Br)ccc2N)c1. The third-order valence-corrected chi connectivity index (χ3v) is 3.29. The molecule has 0 aliphatic rings. The van der Waals surface area contributed by atoms with Gasteiger partial charge in [-0.05, 0) is 30.7 Å². The first-order valence-corrected chi connectivity index (χ1v) is 6.74. The third kappa shape index (κ3) is 3.58. The lowest BCUT2D eigenvalue weighted by Gasteiger charge is -2.08. The number of hydrogen-bond donors (Lipinski definition) is 2. The average Bonchev–Trinajstić information content (AvgIpc) is 2.39. The summed E-state index contributed by atoms with van der Waals surface area (Å²) in [5.74, 6) is -0.166. The van der Waals surface area contributed by atoms with Crippen molar-refractivity contribution >= 4 is 27.5 Å². The molecule has 2 aromatic rings. The van der Waals surface area contributed by atoms with Crippen LogP contribution in [-0.2, 0) is 6.54 Å². The van der Waals surface area contributed by atoms with Crippen molar-refractivity contribution in [1.82, 2.24) is 5.32 Å². The lowest BCUT2D eigenvalue weighted by molar-refractivity contribution is 0.0951. The van der Waals surface area contributed by atoms with Crippen LogP contribution in [0.5, 0.6) is 0 Å². The molecular formula is C15H15BrN2O. The number of nitrogens with two attached hydrogens (primary N) is 1. The minimum Gasteiger partial charge on any atom is -0.398 e. The van der Waals surface area contributed by atoms with E-state index in [1.807, 2.05) is 37.3 Å². The Balaban J connectivity index is 2.07. The quantitative estimate of drug-likeness (QED) is 0.853. The van der Waals surface area contributed by atoms with E-state index >= 15 is 0 Å². The summed E-state index contributed by atoms with van der Waals surface area (Å²) < 4.78 is 0.836. The second-order valence-electron chi connectivity index (χ2n) is 4.40. The van der Waals surface area contributed by atoms with Crippen molar-refractivity contribution < 1.29 is 4.79 Å². The monoisotopic (exact) mass is 318 g/mol. The zero-order valence-electron chi connectivity index (χ0n) is 10.6. The van der Waals surface area contributed by atoms with Crippen LogP contribution in [0, 0.1) is 6.92 Å². The van der Waals surface area contributed by atoms with Crippen LogP contribution < -0.4 is 11.1 Å². The fourth-order valence-electron chi connectivity index (χ4n) is 1.82. The number of carbonyl (C=O) groups excluding carboxylic acids is 1. The number of rotatable bonds is 3. The van der Waals surface area contributed by atoms with Crippen molar-refractivity contribution in [1.29, 1.82) is 0 Å². The van der Waals surface area contributed by atoms with Gasteiger partial charge in [-0.25, -0.2) is 0 Å². The molecule has 0 fully saturated rings. The number of carbonyl (C=O) groups is 1. The van der Waals surface area contributed by atoms with E-state index in [1.54, 1.807) is 12.1 Å². The van der Waals surface area contributed by atoms with E-state index in [4.69, 9.17) is 5.73 Å². The van der Waals surface area contributed by atoms with Crippen LogP contribution in [0.4, 0.5) is 5.69 Å². The Morgan fingerprint density at radius 3 is 2.79 bits per heavy atom. The highest BCUT2D eigenvalue weighted by Crippen LogP contribution is 2.18. The molecule has 0 spiro atoms. The summed E-state index contributed by atoms with van der Waals surface area (Å²) in [6.45, 7) is 2.52. The van der Waals surface area contributed by atoms with Crippen LogP contribution in [0.3, 0.4) is 0 Å².